The largest absolute Gasteiger partial charge is 0.418 e. The summed E-state index contributed by atoms with van der Waals surface area (Å²) < 4.78 is 39.2. The SMILES string of the molecule is CS[C@@H](C)C(=O)N[C@H]1CCN(c2ccccc2C(F)(F)F)C1=O. The first-order valence-corrected chi connectivity index (χ1v) is 8.35. The van der Waals surface area contributed by atoms with E-state index in [0.29, 0.717) is 0 Å². The Bertz CT molecular complexity index is 607. The van der Waals surface area contributed by atoms with Crippen LogP contribution in [0.15, 0.2) is 24.3 Å². The first kappa shape index (κ1) is 17.7. The van der Waals surface area contributed by atoms with Crippen LogP contribution in [0.1, 0.15) is 18.9 Å². The standard InChI is InChI=1S/C15H17F3N2O2S/c1-9(23-2)13(21)19-11-7-8-20(14(11)22)12-6-4-3-5-10(12)15(16,17)18/h3-6,9,11H,7-8H2,1-2H3,(H,19,21)/t9-,11-/m0/s1. The van der Waals surface area contributed by atoms with Crippen LogP contribution < -0.4 is 10.2 Å². The Labute approximate surface area is 136 Å². The van der Waals surface area contributed by atoms with Crippen LogP contribution in [0.4, 0.5) is 18.9 Å². The normalized spacial score (nSPS) is 19.8. The van der Waals surface area contributed by atoms with Crippen LogP contribution in [0.3, 0.4) is 0 Å². The third kappa shape index (κ3) is 3.80. The van der Waals surface area contributed by atoms with Crippen molar-refractivity contribution >= 4 is 29.3 Å². The molecule has 1 aromatic rings. The van der Waals surface area contributed by atoms with Gasteiger partial charge in [-0.05, 0) is 31.7 Å². The number of rotatable bonds is 4. The van der Waals surface area contributed by atoms with Gasteiger partial charge in [0.05, 0.1) is 16.5 Å². The van der Waals surface area contributed by atoms with Crippen molar-refractivity contribution in [3.05, 3.63) is 29.8 Å². The summed E-state index contributed by atoms with van der Waals surface area (Å²) >= 11 is 1.33. The lowest BCUT2D eigenvalue weighted by molar-refractivity contribution is -0.137. The number of carbonyl (C=O) groups excluding carboxylic acids is 2. The highest BCUT2D eigenvalue weighted by molar-refractivity contribution is 7.99. The molecule has 0 aromatic heterocycles. The van der Waals surface area contributed by atoms with E-state index in [4.69, 9.17) is 0 Å². The molecule has 2 amide bonds. The number of alkyl halides is 3. The smallest absolute Gasteiger partial charge is 0.343 e. The van der Waals surface area contributed by atoms with Gasteiger partial charge in [0.25, 0.3) is 0 Å². The number of para-hydroxylation sites is 1. The van der Waals surface area contributed by atoms with Gasteiger partial charge in [0.15, 0.2) is 0 Å². The van der Waals surface area contributed by atoms with Crippen molar-refractivity contribution in [2.45, 2.75) is 30.8 Å². The molecule has 1 aliphatic rings. The van der Waals surface area contributed by atoms with E-state index < -0.39 is 23.7 Å². The van der Waals surface area contributed by atoms with Gasteiger partial charge in [0.1, 0.15) is 6.04 Å². The average Bonchev–Trinajstić information content (AvgIpc) is 2.86. The van der Waals surface area contributed by atoms with E-state index in [2.05, 4.69) is 5.32 Å². The molecule has 4 nitrogen and oxygen atoms in total. The molecule has 0 spiro atoms. The molecule has 2 atom stereocenters. The van der Waals surface area contributed by atoms with Crippen molar-refractivity contribution in [2.75, 3.05) is 17.7 Å². The Morgan fingerprint density at radius 3 is 2.65 bits per heavy atom. The maximum absolute atomic E-state index is 13.1. The van der Waals surface area contributed by atoms with Gasteiger partial charge in [-0.25, -0.2) is 0 Å². The number of benzene rings is 1. The Morgan fingerprint density at radius 1 is 1.39 bits per heavy atom. The van der Waals surface area contributed by atoms with Crippen LogP contribution in [0.2, 0.25) is 0 Å². The summed E-state index contributed by atoms with van der Waals surface area (Å²) in [6, 6.07) is 4.18. The highest BCUT2D eigenvalue weighted by Crippen LogP contribution is 2.37. The average molecular weight is 346 g/mol. The van der Waals surface area contributed by atoms with Crippen LogP contribution in [0.25, 0.3) is 0 Å². The molecule has 8 heteroatoms. The van der Waals surface area contributed by atoms with Crippen molar-refractivity contribution < 1.29 is 22.8 Å². The molecule has 1 aliphatic heterocycles. The maximum Gasteiger partial charge on any atom is 0.418 e. The first-order chi connectivity index (χ1) is 10.8. The molecule has 1 heterocycles. The second kappa shape index (κ2) is 6.82. The van der Waals surface area contributed by atoms with Gasteiger partial charge >= 0.3 is 6.18 Å². The summed E-state index contributed by atoms with van der Waals surface area (Å²) in [5.74, 6) is -0.801. The second-order valence-electron chi connectivity index (χ2n) is 5.23. The van der Waals surface area contributed by atoms with Crippen LogP contribution in [0.5, 0.6) is 0 Å². The molecule has 1 N–H and O–H groups in total. The Kier molecular flexibility index (Phi) is 5.23. The van der Waals surface area contributed by atoms with Gasteiger partial charge in [-0.3, -0.25) is 9.59 Å². The molecule has 0 bridgehead atoms. The minimum absolute atomic E-state index is 0.143. The number of carbonyl (C=O) groups is 2. The fourth-order valence-electron chi connectivity index (χ4n) is 2.40. The number of thioether (sulfide) groups is 1. The van der Waals surface area contributed by atoms with Gasteiger partial charge < -0.3 is 10.2 Å². The van der Waals surface area contributed by atoms with Crippen molar-refractivity contribution in [1.29, 1.82) is 0 Å². The lowest BCUT2D eigenvalue weighted by Gasteiger charge is -2.22. The quantitative estimate of drug-likeness (QED) is 0.912. The van der Waals surface area contributed by atoms with Crippen molar-refractivity contribution in [3.8, 4) is 0 Å². The zero-order valence-corrected chi connectivity index (χ0v) is 13.5. The third-order valence-electron chi connectivity index (χ3n) is 3.75. The zero-order valence-electron chi connectivity index (χ0n) is 12.7. The third-order valence-corrected chi connectivity index (χ3v) is 4.67. The summed E-state index contributed by atoms with van der Waals surface area (Å²) in [5.41, 5.74) is -1.02. The number of nitrogens with zero attached hydrogens (tertiary/aromatic N) is 1. The van der Waals surface area contributed by atoms with Crippen LogP contribution >= 0.6 is 11.8 Å². The minimum atomic E-state index is -4.54. The van der Waals surface area contributed by atoms with Gasteiger partial charge in [-0.2, -0.15) is 24.9 Å². The Hall–Kier alpha value is -1.70. The number of nitrogens with one attached hydrogen (secondary N) is 1. The first-order valence-electron chi connectivity index (χ1n) is 7.06. The maximum atomic E-state index is 13.1. The molecule has 1 fully saturated rings. The molecular weight excluding hydrogens is 329 g/mol. The van der Waals surface area contributed by atoms with E-state index in [0.717, 1.165) is 11.0 Å². The Balaban J connectivity index is 2.19. The van der Waals surface area contributed by atoms with Crippen LogP contribution in [-0.4, -0.2) is 35.9 Å². The molecule has 1 aromatic carbocycles. The molecule has 0 saturated carbocycles. The van der Waals surface area contributed by atoms with Crippen molar-refractivity contribution in [1.82, 2.24) is 5.32 Å². The lowest BCUT2D eigenvalue weighted by atomic mass is 10.1. The van der Waals surface area contributed by atoms with Gasteiger partial charge in [-0.1, -0.05) is 12.1 Å². The van der Waals surface area contributed by atoms with Gasteiger partial charge in [-0.15, -0.1) is 0 Å². The monoisotopic (exact) mass is 346 g/mol. The van der Waals surface area contributed by atoms with Crippen molar-refractivity contribution in [3.63, 3.8) is 0 Å². The van der Waals surface area contributed by atoms with Gasteiger partial charge in [0.2, 0.25) is 11.8 Å². The molecule has 126 valence electrons. The van der Waals surface area contributed by atoms with E-state index in [1.165, 1.54) is 30.0 Å². The van der Waals surface area contributed by atoms with Crippen LogP contribution in [-0.2, 0) is 15.8 Å². The molecule has 0 aliphatic carbocycles. The van der Waals surface area contributed by atoms with E-state index in [1.807, 2.05) is 0 Å². The molecule has 1 saturated heterocycles. The molecule has 2 rings (SSSR count). The number of hydrogen-bond acceptors (Lipinski definition) is 3. The number of amides is 2. The summed E-state index contributed by atoms with van der Waals surface area (Å²) in [5, 5.41) is 2.28. The van der Waals surface area contributed by atoms with Crippen LogP contribution in [0, 0.1) is 0 Å². The minimum Gasteiger partial charge on any atom is -0.343 e. The fourth-order valence-corrected chi connectivity index (χ4v) is 2.68. The lowest BCUT2D eigenvalue weighted by Crippen LogP contribution is -2.44. The van der Waals surface area contributed by atoms with E-state index >= 15 is 0 Å². The number of hydrogen-bond donors (Lipinski definition) is 1. The zero-order chi connectivity index (χ0) is 17.2. The summed E-state index contributed by atoms with van der Waals surface area (Å²) in [6.07, 6.45) is -2.48. The topological polar surface area (TPSA) is 49.4 Å². The predicted octanol–water partition coefficient (Wildman–Crippen LogP) is 2.68. The van der Waals surface area contributed by atoms with E-state index in [1.54, 1.807) is 13.2 Å². The molecular formula is C15H17F3N2O2S. The second-order valence-corrected chi connectivity index (χ2v) is 6.41. The number of halogens is 3. The fraction of sp³-hybridized carbons (Fsp3) is 0.467. The highest BCUT2D eigenvalue weighted by Gasteiger charge is 2.40. The number of anilines is 1. The van der Waals surface area contributed by atoms with E-state index in [9.17, 15) is 22.8 Å². The molecule has 0 radical (unpaired) electrons. The summed E-state index contributed by atoms with van der Waals surface area (Å²) in [7, 11) is 0. The van der Waals surface area contributed by atoms with E-state index in [-0.39, 0.29) is 29.8 Å². The van der Waals surface area contributed by atoms with Crippen molar-refractivity contribution in [2.24, 2.45) is 0 Å². The summed E-state index contributed by atoms with van der Waals surface area (Å²) in [4.78, 5) is 25.3. The summed E-state index contributed by atoms with van der Waals surface area (Å²) in [6.45, 7) is 1.85. The molecule has 23 heavy (non-hydrogen) atoms. The highest BCUT2D eigenvalue weighted by atomic mass is 32.2. The van der Waals surface area contributed by atoms with Gasteiger partial charge in [0, 0.05) is 6.54 Å². The predicted molar refractivity (Wildman–Crippen MR) is 83.3 cm³/mol. The molecule has 0 unspecified atom stereocenters. The Morgan fingerprint density at radius 2 is 2.04 bits per heavy atom.